The summed E-state index contributed by atoms with van der Waals surface area (Å²) in [4.78, 5) is 25.3. The molecule has 1 amide bonds. The lowest BCUT2D eigenvalue weighted by Crippen LogP contribution is -2.61. The van der Waals surface area contributed by atoms with E-state index in [0.717, 1.165) is 23.8 Å². The standard InChI is InChI=1S/C23H24F3NO3/c1-16-10-12-17(13-11-16)14-15-19(28)22(23(24,25)26,18-8-6-5-7-9-18)27-20(29)30-21(2,3)4/h5-15H,1-4H3,(H,27,29)/b15-14+. The Morgan fingerprint density at radius 3 is 2.00 bits per heavy atom. The predicted molar refractivity (Wildman–Crippen MR) is 109 cm³/mol. The fourth-order valence-corrected chi connectivity index (χ4v) is 2.77. The van der Waals surface area contributed by atoms with Crippen LogP contribution < -0.4 is 5.32 Å². The van der Waals surface area contributed by atoms with Crippen LogP contribution in [0.2, 0.25) is 0 Å². The first kappa shape index (κ1) is 23.2. The number of nitrogens with one attached hydrogen (secondary N) is 1. The van der Waals surface area contributed by atoms with E-state index in [2.05, 4.69) is 0 Å². The van der Waals surface area contributed by atoms with Gasteiger partial charge in [-0.05, 0) is 44.9 Å². The van der Waals surface area contributed by atoms with Crippen molar-refractivity contribution in [3.8, 4) is 0 Å². The molecule has 0 aliphatic heterocycles. The number of carbonyl (C=O) groups is 2. The summed E-state index contributed by atoms with van der Waals surface area (Å²) in [6.07, 6.45) is -4.37. The third kappa shape index (κ3) is 5.49. The number of hydrogen-bond acceptors (Lipinski definition) is 3. The molecular formula is C23H24F3NO3. The SMILES string of the molecule is Cc1ccc(/C=C/C(=O)C(NC(=O)OC(C)(C)C)(c2ccccc2)C(F)(F)F)cc1. The molecule has 0 aromatic heterocycles. The molecule has 0 heterocycles. The molecule has 1 unspecified atom stereocenters. The van der Waals surface area contributed by atoms with Crippen molar-refractivity contribution in [2.24, 2.45) is 0 Å². The van der Waals surface area contributed by atoms with Crippen molar-refractivity contribution >= 4 is 18.0 Å². The molecule has 0 radical (unpaired) electrons. The molecule has 0 saturated heterocycles. The zero-order chi connectivity index (χ0) is 22.6. The van der Waals surface area contributed by atoms with Gasteiger partial charge >= 0.3 is 12.3 Å². The summed E-state index contributed by atoms with van der Waals surface area (Å²) in [7, 11) is 0. The highest BCUT2D eigenvalue weighted by Gasteiger charge is 2.62. The average Bonchev–Trinajstić information content (AvgIpc) is 2.63. The first-order valence-electron chi connectivity index (χ1n) is 9.28. The van der Waals surface area contributed by atoms with Crippen molar-refractivity contribution in [2.75, 3.05) is 0 Å². The zero-order valence-electron chi connectivity index (χ0n) is 17.2. The number of hydrogen-bond donors (Lipinski definition) is 1. The highest BCUT2D eigenvalue weighted by Crippen LogP contribution is 2.40. The molecule has 160 valence electrons. The normalized spacial score (nSPS) is 14.2. The van der Waals surface area contributed by atoms with Crippen LogP contribution in [0.15, 0.2) is 60.7 Å². The number of carbonyl (C=O) groups excluding carboxylic acids is 2. The van der Waals surface area contributed by atoms with Crippen LogP contribution in [0.3, 0.4) is 0 Å². The molecule has 0 aliphatic carbocycles. The lowest BCUT2D eigenvalue weighted by molar-refractivity contribution is -0.198. The highest BCUT2D eigenvalue weighted by atomic mass is 19.4. The first-order chi connectivity index (χ1) is 13.8. The molecule has 1 atom stereocenters. The quantitative estimate of drug-likeness (QED) is 0.646. The molecule has 4 nitrogen and oxygen atoms in total. The summed E-state index contributed by atoms with van der Waals surface area (Å²) >= 11 is 0. The number of ketones is 1. The van der Waals surface area contributed by atoms with E-state index in [9.17, 15) is 22.8 Å². The van der Waals surface area contributed by atoms with Crippen LogP contribution in [-0.4, -0.2) is 23.7 Å². The highest BCUT2D eigenvalue weighted by molar-refractivity contribution is 6.03. The van der Waals surface area contributed by atoms with E-state index >= 15 is 0 Å². The Hall–Kier alpha value is -3.09. The number of aryl methyl sites for hydroxylation is 1. The summed E-state index contributed by atoms with van der Waals surface area (Å²) < 4.78 is 48.1. The van der Waals surface area contributed by atoms with Crippen LogP contribution in [-0.2, 0) is 15.1 Å². The van der Waals surface area contributed by atoms with Gasteiger partial charge in [0.25, 0.3) is 0 Å². The van der Waals surface area contributed by atoms with Gasteiger partial charge in [-0.25, -0.2) is 4.79 Å². The fraction of sp³-hybridized carbons (Fsp3) is 0.304. The summed E-state index contributed by atoms with van der Waals surface area (Å²) in [5.74, 6) is -1.34. The minimum absolute atomic E-state index is 0.415. The second-order valence-electron chi connectivity index (χ2n) is 7.85. The van der Waals surface area contributed by atoms with Gasteiger partial charge in [-0.2, -0.15) is 13.2 Å². The van der Waals surface area contributed by atoms with Crippen LogP contribution in [0.4, 0.5) is 18.0 Å². The van der Waals surface area contributed by atoms with Crippen LogP contribution in [0.25, 0.3) is 6.08 Å². The minimum atomic E-state index is -5.13. The van der Waals surface area contributed by atoms with E-state index in [1.54, 1.807) is 29.6 Å². The van der Waals surface area contributed by atoms with Crippen LogP contribution in [0.1, 0.15) is 37.5 Å². The maximum absolute atomic E-state index is 14.4. The molecule has 2 rings (SSSR count). The third-order valence-corrected chi connectivity index (χ3v) is 4.19. The molecule has 0 fully saturated rings. The molecule has 7 heteroatoms. The van der Waals surface area contributed by atoms with Gasteiger partial charge < -0.3 is 4.74 Å². The Kier molecular flexibility index (Phi) is 6.75. The topological polar surface area (TPSA) is 55.4 Å². The number of rotatable bonds is 5. The van der Waals surface area contributed by atoms with Gasteiger partial charge in [0.05, 0.1) is 0 Å². The monoisotopic (exact) mass is 419 g/mol. The Morgan fingerprint density at radius 2 is 1.50 bits per heavy atom. The molecule has 30 heavy (non-hydrogen) atoms. The van der Waals surface area contributed by atoms with Crippen molar-refractivity contribution < 1.29 is 27.5 Å². The van der Waals surface area contributed by atoms with Crippen molar-refractivity contribution in [1.82, 2.24) is 5.32 Å². The number of benzene rings is 2. The van der Waals surface area contributed by atoms with Crippen molar-refractivity contribution in [1.29, 1.82) is 0 Å². The summed E-state index contributed by atoms with van der Waals surface area (Å²) in [5.41, 5.74) is -3.23. The first-order valence-corrected chi connectivity index (χ1v) is 9.28. The van der Waals surface area contributed by atoms with Crippen LogP contribution in [0, 0.1) is 6.92 Å². The molecule has 1 N–H and O–H groups in total. The summed E-state index contributed by atoms with van der Waals surface area (Å²) in [5, 5.41) is 1.80. The summed E-state index contributed by atoms with van der Waals surface area (Å²) in [6, 6.07) is 13.4. The second-order valence-corrected chi connectivity index (χ2v) is 7.85. The lowest BCUT2D eigenvalue weighted by Gasteiger charge is -2.35. The molecule has 2 aromatic carbocycles. The Morgan fingerprint density at radius 1 is 0.933 bits per heavy atom. The molecule has 0 spiro atoms. The van der Waals surface area contributed by atoms with Crippen LogP contribution >= 0.6 is 0 Å². The summed E-state index contributed by atoms with van der Waals surface area (Å²) in [6.45, 7) is 6.42. The number of amides is 1. The lowest BCUT2D eigenvalue weighted by atomic mass is 9.84. The second kappa shape index (κ2) is 8.73. The van der Waals surface area contributed by atoms with E-state index in [1.165, 1.54) is 45.0 Å². The molecule has 2 aromatic rings. The Labute approximate surface area is 173 Å². The van der Waals surface area contributed by atoms with Crippen LogP contribution in [0.5, 0.6) is 0 Å². The largest absolute Gasteiger partial charge is 0.444 e. The molecule has 0 aliphatic rings. The van der Waals surface area contributed by atoms with Gasteiger partial charge in [-0.1, -0.05) is 66.2 Å². The zero-order valence-corrected chi connectivity index (χ0v) is 17.2. The van der Waals surface area contributed by atoms with Gasteiger partial charge in [0, 0.05) is 0 Å². The molecule has 0 saturated carbocycles. The van der Waals surface area contributed by atoms with E-state index < -0.39 is 34.8 Å². The van der Waals surface area contributed by atoms with Gasteiger partial charge in [-0.15, -0.1) is 0 Å². The van der Waals surface area contributed by atoms with Gasteiger partial charge in [0.15, 0.2) is 5.78 Å². The van der Waals surface area contributed by atoms with Gasteiger partial charge in [-0.3, -0.25) is 10.1 Å². The Bertz CT molecular complexity index is 913. The maximum atomic E-state index is 14.4. The van der Waals surface area contributed by atoms with E-state index in [1.807, 2.05) is 6.92 Å². The van der Waals surface area contributed by atoms with Gasteiger partial charge in [0.1, 0.15) is 5.60 Å². The van der Waals surface area contributed by atoms with Gasteiger partial charge in [0.2, 0.25) is 5.54 Å². The smallest absolute Gasteiger partial charge is 0.423 e. The number of alkyl halides is 3. The Balaban J connectivity index is 2.54. The van der Waals surface area contributed by atoms with Crippen molar-refractivity contribution in [3.63, 3.8) is 0 Å². The number of alkyl carbamates (subject to hydrolysis) is 1. The van der Waals surface area contributed by atoms with E-state index in [-0.39, 0.29) is 0 Å². The minimum Gasteiger partial charge on any atom is -0.444 e. The maximum Gasteiger partial charge on any atom is 0.423 e. The fourth-order valence-electron chi connectivity index (χ4n) is 2.77. The third-order valence-electron chi connectivity index (χ3n) is 4.19. The molecular weight excluding hydrogens is 395 g/mol. The number of ether oxygens (including phenoxy) is 1. The number of halogens is 3. The molecule has 0 bridgehead atoms. The predicted octanol–water partition coefficient (Wildman–Crippen LogP) is 5.56. The van der Waals surface area contributed by atoms with Crippen molar-refractivity contribution in [3.05, 3.63) is 77.4 Å². The van der Waals surface area contributed by atoms with Crippen molar-refractivity contribution in [2.45, 2.75) is 45.0 Å². The van der Waals surface area contributed by atoms with E-state index in [4.69, 9.17) is 4.74 Å². The van der Waals surface area contributed by atoms with E-state index in [0.29, 0.717) is 5.56 Å². The average molecular weight is 419 g/mol.